The van der Waals surface area contributed by atoms with Crippen molar-refractivity contribution in [3.8, 4) is 0 Å². The van der Waals surface area contributed by atoms with Gasteiger partial charge in [0.25, 0.3) is 0 Å². The Bertz CT molecular complexity index is 421. The molecule has 7 heteroatoms. The van der Waals surface area contributed by atoms with Gasteiger partial charge < -0.3 is 25.0 Å². The van der Waals surface area contributed by atoms with E-state index in [1.165, 1.54) is 32.1 Å². The molecule has 1 heterocycles. The van der Waals surface area contributed by atoms with E-state index in [9.17, 15) is 14.7 Å². The van der Waals surface area contributed by atoms with Crippen LogP contribution < -0.4 is 5.32 Å². The Balaban J connectivity index is 1.79. The van der Waals surface area contributed by atoms with Crippen LogP contribution in [0.5, 0.6) is 0 Å². The van der Waals surface area contributed by atoms with E-state index in [1.807, 2.05) is 0 Å². The fourth-order valence-electron chi connectivity index (χ4n) is 3.65. The van der Waals surface area contributed by atoms with Gasteiger partial charge in [0.1, 0.15) is 6.04 Å². The van der Waals surface area contributed by atoms with Crippen LogP contribution in [0.25, 0.3) is 0 Å². The summed E-state index contributed by atoms with van der Waals surface area (Å²) in [5.41, 5.74) is 0. The number of nitrogens with zero attached hydrogens (tertiary/aromatic N) is 2. The lowest BCUT2D eigenvalue weighted by Crippen LogP contribution is -2.53. The zero-order chi connectivity index (χ0) is 18.1. The number of ether oxygens (including phenoxy) is 1. The topological polar surface area (TPSA) is 82.1 Å². The summed E-state index contributed by atoms with van der Waals surface area (Å²) in [6.45, 7) is 4.82. The van der Waals surface area contributed by atoms with Crippen molar-refractivity contribution in [1.29, 1.82) is 0 Å². The fourth-order valence-corrected chi connectivity index (χ4v) is 3.65. The maximum Gasteiger partial charge on any atom is 0.318 e. The molecule has 1 aliphatic carbocycles. The van der Waals surface area contributed by atoms with Crippen LogP contribution in [0.15, 0.2) is 0 Å². The van der Waals surface area contributed by atoms with Crippen molar-refractivity contribution in [1.82, 2.24) is 15.1 Å². The Morgan fingerprint density at radius 1 is 1.20 bits per heavy atom. The molecule has 3 amide bonds. The fraction of sp³-hybridized carbons (Fsp3) is 0.889. The molecule has 7 nitrogen and oxygen atoms in total. The minimum Gasteiger partial charge on any atom is -0.395 e. The summed E-state index contributed by atoms with van der Waals surface area (Å²) in [6, 6.07) is -0.833. The Kier molecular flexibility index (Phi) is 8.48. The Labute approximate surface area is 150 Å². The summed E-state index contributed by atoms with van der Waals surface area (Å²) in [4.78, 5) is 28.3. The van der Waals surface area contributed by atoms with Gasteiger partial charge in [0.15, 0.2) is 0 Å². The molecule has 25 heavy (non-hydrogen) atoms. The third-order valence-electron chi connectivity index (χ3n) is 5.22. The van der Waals surface area contributed by atoms with Crippen LogP contribution in [0, 0.1) is 5.92 Å². The molecular formula is C18H33N3O4. The van der Waals surface area contributed by atoms with Crippen LogP contribution in [0.4, 0.5) is 4.79 Å². The maximum absolute atomic E-state index is 12.5. The van der Waals surface area contributed by atoms with E-state index >= 15 is 0 Å². The van der Waals surface area contributed by atoms with E-state index < -0.39 is 6.04 Å². The largest absolute Gasteiger partial charge is 0.395 e. The van der Waals surface area contributed by atoms with Gasteiger partial charge in [0.2, 0.25) is 5.91 Å². The third-order valence-corrected chi connectivity index (χ3v) is 5.22. The molecule has 1 aliphatic heterocycles. The summed E-state index contributed by atoms with van der Waals surface area (Å²) >= 11 is 0. The molecule has 1 saturated heterocycles. The number of nitrogens with one attached hydrogen (secondary N) is 1. The molecule has 0 radical (unpaired) electrons. The molecule has 2 aliphatic rings. The first-order valence-corrected chi connectivity index (χ1v) is 9.64. The molecule has 1 atom stereocenters. The van der Waals surface area contributed by atoms with Gasteiger partial charge in [-0.1, -0.05) is 32.1 Å². The van der Waals surface area contributed by atoms with Gasteiger partial charge >= 0.3 is 6.03 Å². The molecular weight excluding hydrogens is 322 g/mol. The van der Waals surface area contributed by atoms with Crippen LogP contribution in [-0.2, 0) is 9.53 Å². The van der Waals surface area contributed by atoms with Crippen molar-refractivity contribution in [2.75, 3.05) is 46.0 Å². The highest BCUT2D eigenvalue weighted by molar-refractivity contribution is 5.86. The normalized spacial score (nSPS) is 20.2. The Hall–Kier alpha value is -1.34. The zero-order valence-electron chi connectivity index (χ0n) is 15.4. The number of hydrogen-bond donors (Lipinski definition) is 2. The van der Waals surface area contributed by atoms with Gasteiger partial charge in [-0.15, -0.1) is 0 Å². The minimum atomic E-state index is -0.568. The maximum atomic E-state index is 12.5. The van der Waals surface area contributed by atoms with E-state index in [0.717, 1.165) is 6.42 Å². The lowest BCUT2D eigenvalue weighted by molar-refractivity contribution is -0.136. The summed E-state index contributed by atoms with van der Waals surface area (Å²) in [5, 5.41) is 12.1. The first-order valence-electron chi connectivity index (χ1n) is 9.64. The number of hydrogen-bond acceptors (Lipinski definition) is 4. The smallest absolute Gasteiger partial charge is 0.318 e. The zero-order valence-corrected chi connectivity index (χ0v) is 15.4. The second kappa shape index (κ2) is 10.6. The average molecular weight is 355 g/mol. The number of amides is 3. The number of morpholine rings is 1. The Morgan fingerprint density at radius 2 is 1.88 bits per heavy atom. The van der Waals surface area contributed by atoms with Crippen molar-refractivity contribution in [2.45, 2.75) is 51.5 Å². The molecule has 2 rings (SSSR count). The molecule has 0 aromatic carbocycles. The minimum absolute atomic E-state index is 0.0656. The van der Waals surface area contributed by atoms with E-state index in [2.05, 4.69) is 5.32 Å². The molecule has 0 aromatic rings. The van der Waals surface area contributed by atoms with Crippen molar-refractivity contribution < 1.29 is 19.4 Å². The van der Waals surface area contributed by atoms with Crippen LogP contribution in [-0.4, -0.2) is 78.9 Å². The number of carbonyl (C=O) groups excluding carboxylic acids is 2. The number of urea groups is 1. The second-order valence-corrected chi connectivity index (χ2v) is 7.11. The van der Waals surface area contributed by atoms with E-state index in [4.69, 9.17) is 4.74 Å². The molecule has 144 valence electrons. The quantitative estimate of drug-likeness (QED) is 0.719. The molecule has 0 aromatic heterocycles. The predicted octanol–water partition coefficient (Wildman–Crippen LogP) is 1.21. The number of aliphatic hydroxyl groups excluding tert-OH is 1. The van der Waals surface area contributed by atoms with Crippen LogP contribution in [0.1, 0.15) is 45.4 Å². The molecule has 0 unspecified atom stereocenters. The van der Waals surface area contributed by atoms with Gasteiger partial charge in [-0.3, -0.25) is 4.79 Å². The molecule has 2 fully saturated rings. The Morgan fingerprint density at radius 3 is 2.52 bits per heavy atom. The first-order chi connectivity index (χ1) is 12.1. The number of carbonyl (C=O) groups is 2. The number of aliphatic hydroxyl groups is 1. The lowest BCUT2D eigenvalue weighted by Gasteiger charge is -2.31. The monoisotopic (exact) mass is 355 g/mol. The van der Waals surface area contributed by atoms with Crippen molar-refractivity contribution in [3.05, 3.63) is 0 Å². The molecule has 0 bridgehead atoms. The number of rotatable bonds is 7. The summed E-state index contributed by atoms with van der Waals surface area (Å²) in [5.74, 6) is 0.600. The third kappa shape index (κ3) is 6.47. The standard InChI is InChI=1S/C18H33N3O4/c1-15(17(23)20-10-13-25-14-11-20)19-18(24)21(9-12-22)8-7-16-5-3-2-4-6-16/h15-16,22H,2-14H2,1H3,(H,19,24)/t15-/m0/s1. The van der Waals surface area contributed by atoms with Crippen molar-refractivity contribution in [3.63, 3.8) is 0 Å². The van der Waals surface area contributed by atoms with Crippen LogP contribution >= 0.6 is 0 Å². The summed E-state index contributed by atoms with van der Waals surface area (Å²) in [6.07, 6.45) is 7.32. The van der Waals surface area contributed by atoms with E-state index in [1.54, 1.807) is 16.7 Å². The van der Waals surface area contributed by atoms with Gasteiger partial charge in [-0.05, 0) is 19.3 Å². The van der Waals surface area contributed by atoms with Gasteiger partial charge in [0, 0.05) is 26.2 Å². The van der Waals surface area contributed by atoms with Crippen LogP contribution in [0.3, 0.4) is 0 Å². The van der Waals surface area contributed by atoms with Gasteiger partial charge in [-0.2, -0.15) is 0 Å². The first kappa shape index (κ1) is 20.0. The highest BCUT2D eigenvalue weighted by Crippen LogP contribution is 2.26. The van der Waals surface area contributed by atoms with E-state index in [0.29, 0.717) is 45.3 Å². The molecule has 2 N–H and O–H groups in total. The van der Waals surface area contributed by atoms with Crippen molar-refractivity contribution in [2.24, 2.45) is 5.92 Å². The average Bonchev–Trinajstić information content (AvgIpc) is 2.65. The molecule has 1 saturated carbocycles. The van der Waals surface area contributed by atoms with Gasteiger partial charge in [0.05, 0.1) is 19.8 Å². The highest BCUT2D eigenvalue weighted by atomic mass is 16.5. The predicted molar refractivity (Wildman–Crippen MR) is 95.2 cm³/mol. The lowest BCUT2D eigenvalue weighted by atomic mass is 9.87. The van der Waals surface area contributed by atoms with Gasteiger partial charge in [-0.25, -0.2) is 4.79 Å². The van der Waals surface area contributed by atoms with E-state index in [-0.39, 0.29) is 18.5 Å². The summed E-state index contributed by atoms with van der Waals surface area (Å²) < 4.78 is 5.25. The summed E-state index contributed by atoms with van der Waals surface area (Å²) in [7, 11) is 0. The van der Waals surface area contributed by atoms with Crippen LogP contribution in [0.2, 0.25) is 0 Å². The molecule has 0 spiro atoms. The SMILES string of the molecule is C[C@H](NC(=O)N(CCO)CCC1CCCCC1)C(=O)N1CCOCC1. The highest BCUT2D eigenvalue weighted by Gasteiger charge is 2.25. The second-order valence-electron chi connectivity index (χ2n) is 7.11. The van der Waals surface area contributed by atoms with Crippen molar-refractivity contribution >= 4 is 11.9 Å².